The Morgan fingerprint density at radius 2 is 1.70 bits per heavy atom. The van der Waals surface area contributed by atoms with Gasteiger partial charge in [-0.3, -0.25) is 0 Å². The van der Waals surface area contributed by atoms with Gasteiger partial charge in [0.05, 0.1) is 11.7 Å². The van der Waals surface area contributed by atoms with Gasteiger partial charge < -0.3 is 10.2 Å². The lowest BCUT2D eigenvalue weighted by atomic mass is 9.44. The fourth-order valence-corrected chi connectivity index (χ4v) is 9.01. The van der Waals surface area contributed by atoms with E-state index in [1.807, 2.05) is 0 Å². The van der Waals surface area contributed by atoms with Crippen LogP contribution in [0.2, 0.25) is 0 Å². The van der Waals surface area contributed by atoms with E-state index in [2.05, 4.69) is 47.6 Å². The minimum Gasteiger partial charge on any atom is -0.393 e. The Morgan fingerprint density at radius 1 is 0.967 bits per heavy atom. The summed E-state index contributed by atoms with van der Waals surface area (Å²) in [5, 5.41) is 22.0. The van der Waals surface area contributed by atoms with Crippen molar-refractivity contribution in [3.8, 4) is 0 Å². The molecular formula is C28H48O2. The average Bonchev–Trinajstić information content (AvgIpc) is 2.99. The highest BCUT2D eigenvalue weighted by Crippen LogP contribution is 2.68. The topological polar surface area (TPSA) is 40.5 Å². The molecule has 2 nitrogen and oxygen atoms in total. The van der Waals surface area contributed by atoms with Crippen LogP contribution < -0.4 is 0 Å². The van der Waals surface area contributed by atoms with E-state index < -0.39 is 5.60 Å². The summed E-state index contributed by atoms with van der Waals surface area (Å²) in [5.74, 6) is 4.03. The van der Waals surface area contributed by atoms with Crippen molar-refractivity contribution in [2.75, 3.05) is 0 Å². The van der Waals surface area contributed by atoms with Crippen LogP contribution in [0.4, 0.5) is 0 Å². The molecule has 0 aromatic carbocycles. The number of hydrogen-bond acceptors (Lipinski definition) is 2. The van der Waals surface area contributed by atoms with Gasteiger partial charge in [0.2, 0.25) is 0 Å². The number of fused-ring (bicyclic) bond motifs is 5. The van der Waals surface area contributed by atoms with Gasteiger partial charge in [0.25, 0.3) is 0 Å². The van der Waals surface area contributed by atoms with E-state index in [0.29, 0.717) is 23.2 Å². The molecule has 2 heteroatoms. The predicted octanol–water partition coefficient (Wildman–Crippen LogP) is 6.75. The summed E-state index contributed by atoms with van der Waals surface area (Å²) in [5.41, 5.74) is 1.21. The fourth-order valence-electron chi connectivity index (χ4n) is 9.01. The summed E-state index contributed by atoms with van der Waals surface area (Å²) in [7, 11) is 0. The molecule has 0 heterocycles. The summed E-state index contributed by atoms with van der Waals surface area (Å²) < 4.78 is 0. The van der Waals surface area contributed by atoms with Crippen LogP contribution in [0.1, 0.15) is 106 Å². The van der Waals surface area contributed by atoms with Crippen LogP contribution >= 0.6 is 0 Å². The Morgan fingerprint density at radius 3 is 2.40 bits per heavy atom. The van der Waals surface area contributed by atoms with Gasteiger partial charge in [-0.05, 0) is 98.2 Å². The maximum atomic E-state index is 11.7. The molecule has 0 bridgehead atoms. The third kappa shape index (κ3) is 3.62. The molecular weight excluding hydrogens is 368 g/mol. The molecule has 0 spiro atoms. The molecule has 4 rings (SSSR count). The molecule has 2 N–H and O–H groups in total. The van der Waals surface area contributed by atoms with E-state index in [1.165, 1.54) is 50.5 Å². The van der Waals surface area contributed by atoms with Gasteiger partial charge in [-0.15, -0.1) is 0 Å². The van der Waals surface area contributed by atoms with Crippen molar-refractivity contribution in [2.24, 2.45) is 46.3 Å². The number of rotatable bonds is 5. The highest BCUT2D eigenvalue weighted by molar-refractivity contribution is 5.31. The first-order valence-electron chi connectivity index (χ1n) is 13.1. The molecule has 172 valence electrons. The first kappa shape index (κ1) is 22.8. The van der Waals surface area contributed by atoms with Crippen LogP contribution in [0.15, 0.2) is 11.6 Å². The monoisotopic (exact) mass is 416 g/mol. The average molecular weight is 417 g/mol. The largest absolute Gasteiger partial charge is 0.393 e. The fraction of sp³-hybridized carbons (Fsp3) is 0.929. The standard InChI is InChI=1S/C28H48O2/c1-18(2)8-7-9-19(3)22-10-11-23-25-24(13-15-27(22,23)5)26(4)14-12-21(29)16-20(26)17-28(25,6)30/h17-19,21-25,29-30H,7-16H2,1-6H3/t19?,21-,22+,23?,24?,25?,26-,27+,28?/m0/s1. The van der Waals surface area contributed by atoms with Gasteiger partial charge >= 0.3 is 0 Å². The highest BCUT2D eigenvalue weighted by atomic mass is 16.3. The number of aliphatic hydroxyl groups excluding tert-OH is 1. The summed E-state index contributed by atoms with van der Waals surface area (Å²) in [6.45, 7) is 14.3. The van der Waals surface area contributed by atoms with Gasteiger partial charge in [-0.1, -0.05) is 65.5 Å². The van der Waals surface area contributed by atoms with Crippen LogP contribution in [-0.2, 0) is 0 Å². The zero-order chi connectivity index (χ0) is 21.9. The quantitative estimate of drug-likeness (QED) is 0.487. The maximum absolute atomic E-state index is 11.7. The van der Waals surface area contributed by atoms with Gasteiger partial charge in [0.15, 0.2) is 0 Å². The summed E-state index contributed by atoms with van der Waals surface area (Å²) in [4.78, 5) is 0. The van der Waals surface area contributed by atoms with Crippen molar-refractivity contribution in [3.63, 3.8) is 0 Å². The zero-order valence-electron chi connectivity index (χ0n) is 20.6. The van der Waals surface area contributed by atoms with E-state index in [1.54, 1.807) is 0 Å². The molecule has 0 aromatic rings. The van der Waals surface area contributed by atoms with Crippen LogP contribution in [0.25, 0.3) is 0 Å². The van der Waals surface area contributed by atoms with Crippen molar-refractivity contribution >= 4 is 0 Å². The van der Waals surface area contributed by atoms with Gasteiger partial charge in [-0.2, -0.15) is 0 Å². The Labute approximate surface area is 185 Å². The molecule has 5 unspecified atom stereocenters. The zero-order valence-corrected chi connectivity index (χ0v) is 20.6. The van der Waals surface area contributed by atoms with Crippen LogP contribution in [0.3, 0.4) is 0 Å². The smallest absolute Gasteiger partial charge is 0.0836 e. The van der Waals surface area contributed by atoms with Gasteiger partial charge in [0.1, 0.15) is 0 Å². The van der Waals surface area contributed by atoms with Gasteiger partial charge in [-0.25, -0.2) is 0 Å². The first-order valence-corrected chi connectivity index (χ1v) is 13.1. The van der Waals surface area contributed by atoms with E-state index in [-0.39, 0.29) is 11.5 Å². The minimum atomic E-state index is -0.724. The Hall–Kier alpha value is -0.340. The van der Waals surface area contributed by atoms with Crippen molar-refractivity contribution < 1.29 is 10.2 Å². The van der Waals surface area contributed by atoms with Crippen molar-refractivity contribution in [1.82, 2.24) is 0 Å². The van der Waals surface area contributed by atoms with Crippen LogP contribution in [0, 0.1) is 46.3 Å². The molecule has 9 atom stereocenters. The lowest BCUT2D eigenvalue weighted by Crippen LogP contribution is -2.58. The Balaban J connectivity index is 1.58. The molecule has 3 saturated carbocycles. The normalized spacial score (nSPS) is 49.2. The molecule has 0 radical (unpaired) electrons. The van der Waals surface area contributed by atoms with E-state index in [9.17, 15) is 10.2 Å². The third-order valence-electron chi connectivity index (χ3n) is 10.6. The molecule has 4 aliphatic rings. The molecule has 3 fully saturated rings. The van der Waals surface area contributed by atoms with Crippen molar-refractivity contribution in [3.05, 3.63) is 11.6 Å². The Kier molecular flexibility index (Phi) is 6.02. The minimum absolute atomic E-state index is 0.189. The molecule has 0 amide bonds. The third-order valence-corrected chi connectivity index (χ3v) is 10.6. The second-order valence-electron chi connectivity index (χ2n) is 13.0. The highest BCUT2D eigenvalue weighted by Gasteiger charge is 2.63. The Bertz CT molecular complexity index is 664. The summed E-state index contributed by atoms with van der Waals surface area (Å²) in [6, 6.07) is 0. The number of aliphatic hydroxyl groups is 2. The second kappa shape index (κ2) is 7.91. The lowest BCUT2D eigenvalue weighted by Gasteiger charge is -2.62. The van der Waals surface area contributed by atoms with E-state index in [0.717, 1.165) is 37.0 Å². The molecule has 4 aliphatic carbocycles. The summed E-state index contributed by atoms with van der Waals surface area (Å²) >= 11 is 0. The predicted molar refractivity (Wildman–Crippen MR) is 125 cm³/mol. The first-order chi connectivity index (χ1) is 14.0. The van der Waals surface area contributed by atoms with Crippen LogP contribution in [-0.4, -0.2) is 21.9 Å². The van der Waals surface area contributed by atoms with Crippen molar-refractivity contribution in [1.29, 1.82) is 0 Å². The summed E-state index contributed by atoms with van der Waals surface area (Å²) in [6.07, 6.45) is 14.1. The molecule has 30 heavy (non-hydrogen) atoms. The second-order valence-corrected chi connectivity index (χ2v) is 13.0. The van der Waals surface area contributed by atoms with E-state index in [4.69, 9.17) is 0 Å². The van der Waals surface area contributed by atoms with Crippen LogP contribution in [0.5, 0.6) is 0 Å². The lowest BCUT2D eigenvalue weighted by molar-refractivity contribution is -0.133. The van der Waals surface area contributed by atoms with E-state index >= 15 is 0 Å². The maximum Gasteiger partial charge on any atom is 0.0836 e. The SMILES string of the molecule is CC(C)CCCC(C)[C@H]1CCC2C3C(CC[C@@]21C)[C@@]1(C)CC[C@H](O)CC1=CC3(C)O. The number of hydrogen-bond donors (Lipinski definition) is 2. The molecule has 0 aromatic heterocycles. The van der Waals surface area contributed by atoms with Gasteiger partial charge in [0, 0.05) is 0 Å². The van der Waals surface area contributed by atoms with Crippen molar-refractivity contribution in [2.45, 2.75) is 117 Å². The molecule has 0 saturated heterocycles. The molecule has 0 aliphatic heterocycles.